The van der Waals surface area contributed by atoms with Crippen LogP contribution in [0.1, 0.15) is 271 Å². The minimum Gasteiger partial charge on any atom is -0.394 e. The van der Waals surface area contributed by atoms with Gasteiger partial charge < -0.3 is 89.9 Å². The Labute approximate surface area is 620 Å². The van der Waals surface area contributed by atoms with E-state index < -0.39 is 124 Å². The van der Waals surface area contributed by atoms with E-state index in [1.807, 2.05) is 0 Å². The largest absolute Gasteiger partial charge is 0.394 e. The first-order chi connectivity index (χ1) is 50.3. The van der Waals surface area contributed by atoms with E-state index in [0.717, 1.165) is 96.3 Å². The average molecular weight is 1460 g/mol. The lowest BCUT2D eigenvalue weighted by Gasteiger charge is -2.48. The number of ether oxygens (including phenoxy) is 6. The Bertz CT molecular complexity index is 2330. The van der Waals surface area contributed by atoms with Gasteiger partial charge in [-0.05, 0) is 89.9 Å². The molecule has 17 atom stereocenters. The fourth-order valence-electron chi connectivity index (χ4n) is 12.9. The maximum absolute atomic E-state index is 13.5. The van der Waals surface area contributed by atoms with Crippen LogP contribution in [0.15, 0.2) is 122 Å². The SMILES string of the molecule is CC/C=C\C/C=C\C/C=C\C/C=C\C/C=C\C/C=C\C/C=C\C/C=C\C/C=C\C/C=C\CCCCC(=O)NC(COC1OC(CO)C(OC2OC(CO)C(OC3OC(CO)C(O)C(O)C3O)C(O)C2O)C(O)C1O)C(O)CCCCCCCCCCCCCCCCCCCCCCCCCCC. The van der Waals surface area contributed by atoms with Gasteiger partial charge in [0.15, 0.2) is 18.9 Å². The third kappa shape index (κ3) is 43.1. The molecule has 0 aromatic heterocycles. The summed E-state index contributed by atoms with van der Waals surface area (Å²) in [6, 6.07) is -0.922. The van der Waals surface area contributed by atoms with Gasteiger partial charge in [-0.25, -0.2) is 0 Å². The number of carbonyl (C=O) groups is 1. The van der Waals surface area contributed by atoms with Crippen molar-refractivity contribution in [3.05, 3.63) is 122 Å². The van der Waals surface area contributed by atoms with Gasteiger partial charge >= 0.3 is 0 Å². The van der Waals surface area contributed by atoms with Gasteiger partial charge in [0.05, 0.1) is 38.6 Å². The lowest BCUT2D eigenvalue weighted by Crippen LogP contribution is -2.66. The Morgan fingerprint density at radius 3 is 1.03 bits per heavy atom. The van der Waals surface area contributed by atoms with Crippen molar-refractivity contribution in [1.82, 2.24) is 5.32 Å². The van der Waals surface area contributed by atoms with Gasteiger partial charge in [-0.3, -0.25) is 4.79 Å². The van der Waals surface area contributed by atoms with Crippen LogP contribution in [0, 0.1) is 0 Å². The Kier molecular flexibility index (Phi) is 57.3. The first-order valence-electron chi connectivity index (χ1n) is 40.3. The molecule has 592 valence electrons. The summed E-state index contributed by atoms with van der Waals surface area (Å²) in [4.78, 5) is 13.5. The first kappa shape index (κ1) is 93.4. The van der Waals surface area contributed by atoms with Crippen molar-refractivity contribution in [2.45, 2.75) is 375 Å². The van der Waals surface area contributed by atoms with E-state index >= 15 is 0 Å². The van der Waals surface area contributed by atoms with E-state index in [2.05, 4.69) is 141 Å². The predicted molar refractivity (Wildman–Crippen MR) is 410 cm³/mol. The maximum atomic E-state index is 13.5. The van der Waals surface area contributed by atoms with Crippen LogP contribution in [-0.4, -0.2) is 193 Å². The van der Waals surface area contributed by atoms with Crippen molar-refractivity contribution in [2.75, 3.05) is 26.4 Å². The summed E-state index contributed by atoms with van der Waals surface area (Å²) in [5.74, 6) is -0.287. The van der Waals surface area contributed by atoms with Gasteiger partial charge in [0.1, 0.15) is 73.2 Å². The standard InChI is InChI=1S/C84H143NO18/c1-3-5-7-9-11-13-15-17-19-21-23-25-27-29-30-31-32-33-34-35-36-38-40-42-44-46-48-50-52-54-56-58-60-62-72(90)85-67(68(89)61-59-57-55-53-51-49-47-45-43-41-39-37-28-26-24-22-20-18-16-14-12-10-8-6-4-2)66-98-82-78(96)75(93)80(70(64-87)100-82)103-84-79(97)76(94)81(71(65-88)101-84)102-83-77(95)74(92)73(91)69(63-86)99-83/h5,7,11,13,17,19,23,25,29-30,32-33,35-36,40,42,46,48,52,54,67-71,73-84,86-89,91-97H,3-4,6,8-10,12,14-16,18,20-22,24,26-28,31,34,37-39,41,43-45,47,49-51,53,55-66H2,1-2H3,(H,85,90)/b7-5-,13-11-,19-17-,25-23-,30-29-,33-32-,36-35-,42-40-,48-46-,54-52-. The van der Waals surface area contributed by atoms with E-state index in [0.29, 0.717) is 19.3 Å². The fourth-order valence-corrected chi connectivity index (χ4v) is 12.9. The second-order valence-electron chi connectivity index (χ2n) is 28.2. The van der Waals surface area contributed by atoms with Crippen LogP contribution in [0.4, 0.5) is 0 Å². The van der Waals surface area contributed by atoms with Crippen LogP contribution in [0.3, 0.4) is 0 Å². The number of allylic oxidation sites excluding steroid dienone is 20. The van der Waals surface area contributed by atoms with Gasteiger partial charge in [0.25, 0.3) is 0 Å². The van der Waals surface area contributed by atoms with Crippen LogP contribution in [0.2, 0.25) is 0 Å². The molecule has 19 heteroatoms. The van der Waals surface area contributed by atoms with Gasteiger partial charge in [-0.2, -0.15) is 0 Å². The van der Waals surface area contributed by atoms with Crippen LogP contribution < -0.4 is 5.32 Å². The molecule has 17 unspecified atom stereocenters. The number of nitrogens with one attached hydrogen (secondary N) is 1. The summed E-state index contributed by atoms with van der Waals surface area (Å²) in [6.07, 6.45) is 61.3. The zero-order chi connectivity index (χ0) is 74.6. The Morgan fingerprint density at radius 2 is 0.670 bits per heavy atom. The minimum absolute atomic E-state index is 0.203. The number of aliphatic hydroxyl groups is 11. The number of rotatable bonds is 62. The number of carbonyl (C=O) groups excluding carboxylic acids is 1. The summed E-state index contributed by atoms with van der Waals surface area (Å²) in [5.41, 5.74) is 0. The summed E-state index contributed by atoms with van der Waals surface area (Å²) in [5, 5.41) is 121. The third-order valence-corrected chi connectivity index (χ3v) is 19.3. The molecular formula is C84H143NO18. The number of hydrogen-bond donors (Lipinski definition) is 12. The highest BCUT2D eigenvalue weighted by Crippen LogP contribution is 2.33. The molecule has 0 aliphatic carbocycles. The monoisotopic (exact) mass is 1450 g/mol. The Balaban J connectivity index is 1.40. The molecule has 3 aliphatic heterocycles. The minimum atomic E-state index is -1.98. The molecule has 3 aliphatic rings. The Morgan fingerprint density at radius 1 is 0.359 bits per heavy atom. The number of aliphatic hydroxyl groups excluding tert-OH is 11. The molecule has 12 N–H and O–H groups in total. The van der Waals surface area contributed by atoms with Crippen LogP contribution in [-0.2, 0) is 33.2 Å². The lowest BCUT2D eigenvalue weighted by molar-refractivity contribution is -0.379. The molecule has 3 rings (SSSR count). The van der Waals surface area contributed by atoms with Gasteiger partial charge in [-0.15, -0.1) is 0 Å². The van der Waals surface area contributed by atoms with E-state index in [9.17, 15) is 61.0 Å². The van der Waals surface area contributed by atoms with Gasteiger partial charge in [0, 0.05) is 6.42 Å². The zero-order valence-electron chi connectivity index (χ0n) is 63.3. The highest BCUT2D eigenvalue weighted by atomic mass is 16.8. The van der Waals surface area contributed by atoms with Crippen molar-refractivity contribution in [1.29, 1.82) is 0 Å². The second-order valence-corrected chi connectivity index (χ2v) is 28.2. The molecule has 19 nitrogen and oxygen atoms in total. The molecule has 0 radical (unpaired) electrons. The number of hydrogen-bond acceptors (Lipinski definition) is 18. The molecule has 0 aromatic carbocycles. The van der Waals surface area contributed by atoms with Crippen LogP contribution in [0.25, 0.3) is 0 Å². The average Bonchev–Trinajstić information content (AvgIpc) is 0.781. The van der Waals surface area contributed by atoms with Crippen molar-refractivity contribution < 1.29 is 89.4 Å². The quantitative estimate of drug-likeness (QED) is 0.0199. The topological polar surface area (TPSA) is 307 Å². The highest BCUT2D eigenvalue weighted by molar-refractivity contribution is 5.76. The second kappa shape index (κ2) is 63.2. The molecular weight excluding hydrogens is 1310 g/mol. The smallest absolute Gasteiger partial charge is 0.220 e. The molecule has 3 heterocycles. The number of unbranched alkanes of at least 4 members (excludes halogenated alkanes) is 26. The van der Waals surface area contributed by atoms with Crippen molar-refractivity contribution in [2.24, 2.45) is 0 Å². The molecule has 0 saturated carbocycles. The fraction of sp³-hybridized carbons (Fsp3) is 0.750. The molecule has 103 heavy (non-hydrogen) atoms. The molecule has 3 fully saturated rings. The van der Waals surface area contributed by atoms with Gasteiger partial charge in [0.2, 0.25) is 5.91 Å². The third-order valence-electron chi connectivity index (χ3n) is 19.3. The van der Waals surface area contributed by atoms with E-state index in [4.69, 9.17) is 28.4 Å². The number of amides is 1. The van der Waals surface area contributed by atoms with Crippen molar-refractivity contribution >= 4 is 5.91 Å². The van der Waals surface area contributed by atoms with Crippen molar-refractivity contribution in [3.8, 4) is 0 Å². The summed E-state index contributed by atoms with van der Waals surface area (Å²) in [7, 11) is 0. The normalized spacial score (nSPS) is 26.7. The van der Waals surface area contributed by atoms with Crippen LogP contribution >= 0.6 is 0 Å². The molecule has 0 spiro atoms. The summed E-state index contributed by atoms with van der Waals surface area (Å²) in [6.45, 7) is 1.67. The summed E-state index contributed by atoms with van der Waals surface area (Å²) < 4.78 is 34.5. The lowest BCUT2D eigenvalue weighted by atomic mass is 9.96. The Hall–Kier alpha value is -3.81. The first-order valence-corrected chi connectivity index (χ1v) is 40.3. The van der Waals surface area contributed by atoms with Gasteiger partial charge in [-0.1, -0.05) is 296 Å². The summed E-state index contributed by atoms with van der Waals surface area (Å²) >= 11 is 0. The zero-order valence-corrected chi connectivity index (χ0v) is 63.3. The predicted octanol–water partition coefficient (Wildman–Crippen LogP) is 13.5. The van der Waals surface area contributed by atoms with E-state index in [1.165, 1.54) is 135 Å². The molecule has 1 amide bonds. The molecule has 0 bridgehead atoms. The van der Waals surface area contributed by atoms with Crippen molar-refractivity contribution in [3.63, 3.8) is 0 Å². The van der Waals surface area contributed by atoms with E-state index in [1.54, 1.807) is 0 Å². The molecule has 3 saturated heterocycles. The highest BCUT2D eigenvalue weighted by Gasteiger charge is 2.54. The maximum Gasteiger partial charge on any atom is 0.220 e. The molecule has 0 aromatic rings. The van der Waals surface area contributed by atoms with Crippen LogP contribution in [0.5, 0.6) is 0 Å². The van der Waals surface area contributed by atoms with E-state index in [-0.39, 0.29) is 18.9 Å².